The molecule has 5 aromatic rings. The largest absolute Gasteiger partial charge is 0.673 e. The molecule has 2 heterocycles. The van der Waals surface area contributed by atoms with E-state index in [1.54, 1.807) is 0 Å². The second kappa shape index (κ2) is 16.8. The van der Waals surface area contributed by atoms with Gasteiger partial charge in [-0.05, 0) is 85.1 Å². The normalized spacial score (nSPS) is 16.4. The molecule has 0 unspecified atom stereocenters. The molecule has 270 valence electrons. The van der Waals surface area contributed by atoms with E-state index in [4.69, 9.17) is 9.15 Å². The number of allylic oxidation sites excluding steroid dienone is 10. The first-order valence-corrected chi connectivity index (χ1v) is 18.3. The van der Waals surface area contributed by atoms with Gasteiger partial charge in [0.15, 0.2) is 0 Å². The summed E-state index contributed by atoms with van der Waals surface area (Å²) >= 11 is 0. The van der Waals surface area contributed by atoms with Crippen molar-refractivity contribution in [2.24, 2.45) is 0 Å². The van der Waals surface area contributed by atoms with Gasteiger partial charge in [-0.1, -0.05) is 133 Å². The molecule has 0 fully saturated rings. The fraction of sp³-hybridized carbons (Fsp3) is 0.128. The van der Waals surface area contributed by atoms with Crippen molar-refractivity contribution in [3.8, 4) is 22.5 Å². The van der Waals surface area contributed by atoms with Crippen LogP contribution in [0.25, 0.3) is 39.4 Å². The van der Waals surface area contributed by atoms with Crippen molar-refractivity contribution in [3.63, 3.8) is 0 Å². The molecule has 1 aliphatic heterocycles. The van der Waals surface area contributed by atoms with Gasteiger partial charge >= 0.3 is 18.8 Å². The molecular weight excluding hydrogens is 683 g/mol. The van der Waals surface area contributed by atoms with E-state index in [0.717, 1.165) is 72.7 Å². The molecule has 0 saturated heterocycles. The molecule has 8 rings (SSSR count). The lowest BCUT2D eigenvalue weighted by atomic mass is 9.85. The molecule has 0 amide bonds. The van der Waals surface area contributed by atoms with Crippen molar-refractivity contribution in [2.75, 3.05) is 0 Å². The summed E-state index contributed by atoms with van der Waals surface area (Å²) in [5.74, 6) is 3.82. The summed E-state index contributed by atoms with van der Waals surface area (Å²) in [4.78, 5) is 0. The molecule has 54 heavy (non-hydrogen) atoms. The van der Waals surface area contributed by atoms with Crippen LogP contribution < -0.4 is 0 Å². The van der Waals surface area contributed by atoms with E-state index < -0.39 is 7.25 Å². The molecular formula is C47H39BF4O2. The fourth-order valence-electron chi connectivity index (χ4n) is 7.20. The number of ether oxygens (including phenoxy) is 1. The zero-order valence-electron chi connectivity index (χ0n) is 29.7. The summed E-state index contributed by atoms with van der Waals surface area (Å²) in [6, 6.07) is 44.5. The zero-order chi connectivity index (χ0) is 37.3. The minimum Gasteiger partial charge on any atom is -0.456 e. The maximum atomic E-state index is 9.75. The Hall–Kier alpha value is -5.95. The summed E-state index contributed by atoms with van der Waals surface area (Å²) in [5, 5.41) is 0. The van der Waals surface area contributed by atoms with Crippen LogP contribution in [0.15, 0.2) is 185 Å². The molecule has 7 heteroatoms. The quantitative estimate of drug-likeness (QED) is 0.0722. The summed E-state index contributed by atoms with van der Waals surface area (Å²) in [6.07, 6.45) is 19.4. The van der Waals surface area contributed by atoms with Crippen molar-refractivity contribution >= 4 is 24.2 Å². The fourth-order valence-corrected chi connectivity index (χ4v) is 7.20. The lowest BCUT2D eigenvalue weighted by Gasteiger charge is -2.29. The minimum atomic E-state index is -6.00. The van der Waals surface area contributed by atoms with Gasteiger partial charge in [0.25, 0.3) is 0 Å². The number of fused-ring (bicyclic) bond motifs is 2. The molecule has 1 aromatic heterocycles. The molecule has 2 aliphatic carbocycles. The van der Waals surface area contributed by atoms with Gasteiger partial charge in [0, 0.05) is 16.7 Å². The predicted octanol–water partition coefficient (Wildman–Crippen LogP) is 14.0. The van der Waals surface area contributed by atoms with E-state index in [1.165, 1.54) is 44.5 Å². The van der Waals surface area contributed by atoms with E-state index in [1.807, 2.05) is 12.1 Å². The third-order valence-electron chi connectivity index (χ3n) is 9.61. The van der Waals surface area contributed by atoms with E-state index in [-0.39, 0.29) is 0 Å². The lowest BCUT2D eigenvalue weighted by molar-refractivity contribution is 0.368. The number of benzene rings is 4. The maximum absolute atomic E-state index is 9.75. The number of rotatable bonds is 7. The first kappa shape index (κ1) is 36.4. The topological polar surface area (TPSA) is 20.5 Å². The van der Waals surface area contributed by atoms with Gasteiger partial charge in [0.2, 0.25) is 0 Å². The lowest BCUT2D eigenvalue weighted by Crippen LogP contribution is -2.11. The molecule has 3 aliphatic rings. The predicted molar refractivity (Wildman–Crippen MR) is 213 cm³/mol. The van der Waals surface area contributed by atoms with Crippen LogP contribution in [0.4, 0.5) is 17.3 Å². The highest BCUT2D eigenvalue weighted by Gasteiger charge is 2.31. The van der Waals surface area contributed by atoms with Crippen molar-refractivity contribution in [1.82, 2.24) is 0 Å². The van der Waals surface area contributed by atoms with Crippen molar-refractivity contribution < 1.29 is 26.4 Å². The summed E-state index contributed by atoms with van der Waals surface area (Å²) < 4.78 is 52.4. The highest BCUT2D eigenvalue weighted by molar-refractivity contribution is 6.50. The number of hydrogen-bond donors (Lipinski definition) is 0. The Morgan fingerprint density at radius 1 is 0.593 bits per heavy atom. The highest BCUT2D eigenvalue weighted by Crippen LogP contribution is 2.44. The van der Waals surface area contributed by atoms with Crippen LogP contribution in [0.1, 0.15) is 54.6 Å². The van der Waals surface area contributed by atoms with E-state index in [2.05, 4.69) is 152 Å². The van der Waals surface area contributed by atoms with Crippen LogP contribution >= 0.6 is 0 Å². The minimum absolute atomic E-state index is 0.899. The van der Waals surface area contributed by atoms with Crippen molar-refractivity contribution in [1.29, 1.82) is 0 Å². The Kier molecular flexibility index (Phi) is 11.3. The Balaban J connectivity index is 0.000000846. The molecule has 2 nitrogen and oxygen atoms in total. The molecule has 0 saturated carbocycles. The van der Waals surface area contributed by atoms with Crippen LogP contribution in [0.5, 0.6) is 0 Å². The Morgan fingerprint density at radius 2 is 1.17 bits per heavy atom. The van der Waals surface area contributed by atoms with Crippen LogP contribution in [0, 0.1) is 0 Å². The second-order valence-electron chi connectivity index (χ2n) is 13.3. The Labute approximate surface area is 314 Å². The van der Waals surface area contributed by atoms with Crippen molar-refractivity contribution in [2.45, 2.75) is 38.5 Å². The van der Waals surface area contributed by atoms with Gasteiger partial charge in [-0.15, -0.1) is 0 Å². The second-order valence-corrected chi connectivity index (χ2v) is 13.3. The maximum Gasteiger partial charge on any atom is 0.673 e. The van der Waals surface area contributed by atoms with Gasteiger partial charge in [-0.2, -0.15) is 0 Å². The smallest absolute Gasteiger partial charge is 0.456 e. The van der Waals surface area contributed by atoms with Crippen molar-refractivity contribution in [3.05, 3.63) is 203 Å². The SMILES string of the molecule is C(=CC=C1CCCc2c(-c3ccccc3)cc(-c3ccccc3)[o+]c21)C=CC1=C2OC(c3ccccc3)=CC(c3ccccc3)=C2CCC1.F[B-](F)(F)F. The monoisotopic (exact) mass is 722 g/mol. The van der Waals surface area contributed by atoms with Gasteiger partial charge in [0.1, 0.15) is 11.5 Å². The van der Waals surface area contributed by atoms with Gasteiger partial charge in [0.05, 0.1) is 22.8 Å². The van der Waals surface area contributed by atoms with E-state index in [9.17, 15) is 17.3 Å². The van der Waals surface area contributed by atoms with E-state index >= 15 is 0 Å². The third-order valence-corrected chi connectivity index (χ3v) is 9.61. The molecule has 4 aromatic carbocycles. The summed E-state index contributed by atoms with van der Waals surface area (Å²) in [5.41, 5.74) is 12.2. The van der Waals surface area contributed by atoms with Gasteiger partial charge in [-0.25, -0.2) is 4.42 Å². The van der Waals surface area contributed by atoms with Crippen LogP contribution in [0.2, 0.25) is 0 Å². The first-order valence-electron chi connectivity index (χ1n) is 18.3. The summed E-state index contributed by atoms with van der Waals surface area (Å²) in [7, 11) is -6.00. The van der Waals surface area contributed by atoms with E-state index in [0.29, 0.717) is 0 Å². The first-order chi connectivity index (χ1) is 26.3. The third kappa shape index (κ3) is 8.98. The Bertz CT molecular complexity index is 2260. The molecule has 0 atom stereocenters. The standard InChI is InChI=1S/C47H39O2.BF4/c1-6-18-34(19-7-1)42-32-44(36-22-10-3-11-23-36)48-46-38(28-16-30-40(42)46)26-14-5-15-27-39-29-17-31-41-43(35-20-8-2-9-21-35)33-45(49-47(39)41)37-24-12-4-13-25-37;2-1(3,4)5/h1-15,18-27,32-33H,16-17,28-31H2;/q+1;-1. The molecule has 0 spiro atoms. The average Bonchev–Trinajstić information content (AvgIpc) is 3.20. The molecule has 0 N–H and O–H groups in total. The van der Waals surface area contributed by atoms with Crippen LogP contribution in [-0.4, -0.2) is 7.25 Å². The number of hydrogen-bond acceptors (Lipinski definition) is 1. The summed E-state index contributed by atoms with van der Waals surface area (Å²) in [6.45, 7) is 0. The van der Waals surface area contributed by atoms with Gasteiger partial charge in [-0.3, -0.25) is 0 Å². The average molecular weight is 723 g/mol. The zero-order valence-corrected chi connectivity index (χ0v) is 29.7. The van der Waals surface area contributed by atoms with Crippen LogP contribution in [0.3, 0.4) is 0 Å². The molecule has 0 radical (unpaired) electrons. The van der Waals surface area contributed by atoms with Gasteiger partial charge < -0.3 is 22.0 Å². The highest BCUT2D eigenvalue weighted by atomic mass is 19.5. The Morgan fingerprint density at radius 3 is 1.81 bits per heavy atom. The molecule has 0 bridgehead atoms. The van der Waals surface area contributed by atoms with Crippen LogP contribution in [-0.2, 0) is 11.2 Å². The number of halogens is 4.